The van der Waals surface area contributed by atoms with Crippen LogP contribution in [-0.2, 0) is 41.0 Å². The number of hydrogen-bond donors (Lipinski definition) is 0. The van der Waals surface area contributed by atoms with E-state index >= 15 is 0 Å². The largest absolute Gasteiger partial charge is 0.215 e. The molecule has 362 valence electrons. The number of pyridine rings is 4. The molecule has 1 atom stereocenters. The molecule has 4 nitrogen and oxygen atoms in total. The lowest BCUT2D eigenvalue weighted by Gasteiger charge is -2.15. The van der Waals surface area contributed by atoms with E-state index in [9.17, 15) is 0 Å². The highest BCUT2D eigenvalue weighted by molar-refractivity contribution is 5.66. The van der Waals surface area contributed by atoms with Crippen molar-refractivity contribution < 1.29 is 44.3 Å². The molecule has 4 aromatic carbocycles. The predicted molar refractivity (Wildman–Crippen MR) is 295 cm³/mol. The molecule has 0 radical (unpaired) electrons. The fraction of sp³-hybridized carbons (Fsp3) is 0.333. The van der Waals surface area contributed by atoms with Gasteiger partial charge in [0, 0.05) is 115 Å². The fourth-order valence-electron chi connectivity index (χ4n) is 9.13. The summed E-state index contributed by atoms with van der Waals surface area (Å²) >= 11 is 0. The molecular formula is C66H82N4+4. The first-order valence-electron chi connectivity index (χ1n) is 33.3. The van der Waals surface area contributed by atoms with Crippen molar-refractivity contribution in [3.8, 4) is 45.0 Å². The molecule has 9 rings (SSSR count). The summed E-state index contributed by atoms with van der Waals surface area (Å²) in [5, 5.41) is 0. The van der Waals surface area contributed by atoms with Crippen LogP contribution in [0.4, 0.5) is 0 Å². The van der Waals surface area contributed by atoms with Crippen molar-refractivity contribution in [1.82, 2.24) is 0 Å². The minimum atomic E-state index is -2.65. The van der Waals surface area contributed by atoms with Gasteiger partial charge in [-0.1, -0.05) is 86.6 Å². The molecule has 0 saturated heterocycles. The molecule has 0 amide bonds. The lowest BCUT2D eigenvalue weighted by Crippen LogP contribution is -2.37. The summed E-state index contributed by atoms with van der Waals surface area (Å²) in [5.74, 6) is -2.03. The molecular weight excluding hydrogens is 849 g/mol. The lowest BCUT2D eigenvalue weighted by atomic mass is 9.91. The zero-order valence-corrected chi connectivity index (χ0v) is 42.8. The van der Waals surface area contributed by atoms with Gasteiger partial charge in [-0.3, -0.25) is 0 Å². The Balaban J connectivity index is 0.000000190. The van der Waals surface area contributed by atoms with E-state index in [1.165, 1.54) is 75.3 Å². The first-order valence-corrected chi connectivity index (χ1v) is 23.8. The van der Waals surface area contributed by atoms with Crippen LogP contribution in [0.1, 0.15) is 137 Å². The van der Waals surface area contributed by atoms with Gasteiger partial charge in [0.2, 0.25) is 22.8 Å². The van der Waals surface area contributed by atoms with E-state index in [-0.39, 0.29) is 33.8 Å². The van der Waals surface area contributed by atoms with Crippen LogP contribution in [0, 0.1) is 75.8 Å². The highest BCUT2D eigenvalue weighted by Crippen LogP contribution is 2.29. The first kappa shape index (κ1) is 32.4. The fourth-order valence-corrected chi connectivity index (χ4v) is 9.13. The van der Waals surface area contributed by atoms with Crippen LogP contribution >= 0.6 is 0 Å². The summed E-state index contributed by atoms with van der Waals surface area (Å²) in [6.45, 7) is -2.40. The molecule has 1 unspecified atom stereocenters. The van der Waals surface area contributed by atoms with Gasteiger partial charge >= 0.3 is 0 Å². The van der Waals surface area contributed by atoms with Crippen molar-refractivity contribution in [3.63, 3.8) is 0 Å². The average Bonchev–Trinajstić information content (AvgIpc) is 1.20. The van der Waals surface area contributed by atoms with Gasteiger partial charge in [0.1, 0.15) is 28.2 Å². The molecule has 1 aliphatic rings. The highest BCUT2D eigenvalue weighted by Gasteiger charge is 2.23. The Kier molecular flexibility index (Phi) is 10.8. The smallest absolute Gasteiger partial charge is 0.201 e. The molecule has 4 heterocycles. The molecule has 0 N–H and O–H groups in total. The summed E-state index contributed by atoms with van der Waals surface area (Å²) in [6, 6.07) is 40.1. The number of hydrogen-bond acceptors (Lipinski definition) is 0. The van der Waals surface area contributed by atoms with Crippen molar-refractivity contribution in [3.05, 3.63) is 212 Å². The van der Waals surface area contributed by atoms with E-state index < -0.39 is 47.0 Å². The molecule has 0 saturated carbocycles. The lowest BCUT2D eigenvalue weighted by molar-refractivity contribution is -0.667. The second-order valence-electron chi connectivity index (χ2n) is 18.4. The van der Waals surface area contributed by atoms with Gasteiger partial charge in [-0.2, -0.15) is 13.7 Å². The predicted octanol–water partition coefficient (Wildman–Crippen LogP) is 14.1. The van der Waals surface area contributed by atoms with Crippen LogP contribution in [-0.4, -0.2) is 0 Å². The van der Waals surface area contributed by atoms with Crippen molar-refractivity contribution in [2.75, 3.05) is 0 Å². The molecule has 0 spiro atoms. The van der Waals surface area contributed by atoms with Gasteiger partial charge in [0.05, 0.1) is 0 Å². The minimum Gasteiger partial charge on any atom is -0.201 e. The molecule has 4 aromatic heterocycles. The Bertz CT molecular complexity index is 3860. The van der Waals surface area contributed by atoms with Crippen LogP contribution in [0.2, 0.25) is 0 Å². The van der Waals surface area contributed by atoms with Crippen LogP contribution < -0.4 is 18.3 Å². The van der Waals surface area contributed by atoms with E-state index in [1.54, 1.807) is 51.3 Å². The summed E-state index contributed by atoms with van der Waals surface area (Å²) in [4.78, 5) is 0. The quantitative estimate of drug-likeness (QED) is 0.153. The van der Waals surface area contributed by atoms with Gasteiger partial charge in [-0.05, 0) is 157 Å². The second kappa shape index (κ2) is 23.4. The molecule has 0 aliphatic heterocycles. The van der Waals surface area contributed by atoms with Gasteiger partial charge in [0.15, 0.2) is 23.3 Å². The maximum atomic E-state index is 8.33. The second-order valence-corrected chi connectivity index (χ2v) is 18.4. The van der Waals surface area contributed by atoms with Crippen LogP contribution in [0.15, 0.2) is 134 Å². The van der Waals surface area contributed by atoms with E-state index in [0.29, 0.717) is 17.0 Å². The van der Waals surface area contributed by atoms with Gasteiger partial charge in [-0.15, -0.1) is 0 Å². The number of fused-ring (bicyclic) bond motifs is 1. The topological polar surface area (TPSA) is 15.5 Å². The zero-order valence-electron chi connectivity index (χ0n) is 61.8. The molecule has 0 bridgehead atoms. The van der Waals surface area contributed by atoms with E-state index in [2.05, 4.69) is 55.1 Å². The summed E-state index contributed by atoms with van der Waals surface area (Å²) < 4.78 is 155. The van der Waals surface area contributed by atoms with Crippen LogP contribution in [0.5, 0.6) is 0 Å². The van der Waals surface area contributed by atoms with Crippen LogP contribution in [0.25, 0.3) is 45.0 Å². The highest BCUT2D eigenvalue weighted by atomic mass is 15.0. The minimum absolute atomic E-state index is 0.00710. The maximum absolute atomic E-state index is 8.33. The molecule has 70 heavy (non-hydrogen) atoms. The SMILES string of the molecule is Cc1ccccc1-c1cc2c(c[n+]1C)CCCC2.[2H]C([2H])([2H])c1c(C([2H])(C)C([2H])([2H])[2H])ccc(-c2ccccc2C)[n+]1C.[2H]C([2H])([2H])c1c(C)c(C)c(-c2ccccc2C)[n+](C)c1C([2H])([2H])[2H].[2H]C([2H])([2H])c1ccc(-c2ccccc2C)[n+](C)c1C([2H])([2H])[2H]. The van der Waals surface area contributed by atoms with Crippen molar-refractivity contribution in [1.29, 1.82) is 0 Å². The van der Waals surface area contributed by atoms with Crippen LogP contribution in [0.3, 0.4) is 0 Å². The first-order chi connectivity index (χ1) is 40.9. The number of nitrogens with zero attached hydrogens (tertiary/aromatic N) is 4. The molecule has 8 aromatic rings. The summed E-state index contributed by atoms with van der Waals surface area (Å²) in [5.41, 5.74) is 15.6. The average molecular weight is 951 g/mol. The van der Waals surface area contributed by atoms with Gasteiger partial charge in [-0.25, -0.2) is 4.57 Å². The third kappa shape index (κ3) is 11.7. The zero-order chi connectivity index (χ0) is 66.9. The monoisotopic (exact) mass is 950 g/mol. The van der Waals surface area contributed by atoms with E-state index in [0.717, 1.165) is 44.6 Å². The Labute approximate surface area is 449 Å². The summed E-state index contributed by atoms with van der Waals surface area (Å²) in [7, 11) is 6.99. The van der Waals surface area contributed by atoms with Crippen molar-refractivity contribution in [2.24, 2.45) is 28.2 Å². The van der Waals surface area contributed by atoms with E-state index in [4.69, 9.17) is 26.0 Å². The van der Waals surface area contributed by atoms with Gasteiger partial charge in [0.25, 0.3) is 0 Å². The molecule has 1 aliphatic carbocycles. The Morgan fingerprint density at radius 3 is 1.43 bits per heavy atom. The third-order valence-electron chi connectivity index (χ3n) is 13.6. The Morgan fingerprint density at radius 2 is 0.929 bits per heavy atom. The maximum Gasteiger partial charge on any atom is 0.215 e. The van der Waals surface area contributed by atoms with Crippen molar-refractivity contribution >= 4 is 0 Å². The standard InChI is InChI=1S/C17H20N.2C17H22N.C15H18N/c1-13-7-3-6-10-16(13)17-11-14-8-4-5-9-15(14)12-18(17)2;1-11-9-7-8-10-16(11)17-14(4)12(2)13(3)15(5)18(17)6;1-12(2)15-10-11-17(18(5)14(15)4)16-9-7-6-8-13(16)3;1-11-9-10-15(16(4)13(11)3)14-8-6-5-7-12(14)2/h3,6-7,10-12H,4-5,8-9H2,1-2H3;7-10H,1-6H3;6-12H,1-5H3;5-10H,1-4H3/q4*+1/i;3D3,5D3;1D3,4D3,12D;1D3,3D3. The molecule has 4 heteroatoms. The van der Waals surface area contributed by atoms with Gasteiger partial charge < -0.3 is 0 Å². The summed E-state index contributed by atoms with van der Waals surface area (Å²) in [6.07, 6.45) is 7.51. The number of aryl methyl sites for hydroxylation is 8. The van der Waals surface area contributed by atoms with E-state index in [1.807, 2.05) is 100 Å². The Hall–Kier alpha value is -6.52. The number of aromatic nitrogens is 4. The normalized spacial score (nSPS) is 17.6. The Morgan fingerprint density at radius 1 is 0.443 bits per heavy atom. The number of benzene rings is 4. The third-order valence-corrected chi connectivity index (χ3v) is 13.6. The molecule has 0 fully saturated rings. The number of rotatable bonds is 5. The van der Waals surface area contributed by atoms with Crippen molar-refractivity contribution in [2.45, 2.75) is 121 Å².